The first-order valence-electron chi connectivity index (χ1n) is 8.09. The van der Waals surface area contributed by atoms with E-state index in [4.69, 9.17) is 0 Å². The molecule has 0 N–H and O–H groups in total. The second-order valence-electron chi connectivity index (χ2n) is 5.92. The van der Waals surface area contributed by atoms with Crippen LogP contribution in [0.3, 0.4) is 0 Å². The SMILES string of the molecule is CC(=O)N1CCN(C(=O)C(=Cc2ccc(F)cc2)c2ccsc2)CC1. The van der Waals surface area contributed by atoms with Crippen molar-refractivity contribution in [2.45, 2.75) is 6.92 Å². The summed E-state index contributed by atoms with van der Waals surface area (Å²) in [6, 6.07) is 7.98. The molecule has 2 amide bonds. The minimum Gasteiger partial charge on any atom is -0.339 e. The van der Waals surface area contributed by atoms with Crippen LogP contribution in [0.15, 0.2) is 41.1 Å². The van der Waals surface area contributed by atoms with E-state index in [1.807, 2.05) is 16.8 Å². The zero-order valence-electron chi connectivity index (χ0n) is 13.9. The molecule has 1 aromatic carbocycles. The van der Waals surface area contributed by atoms with Crippen LogP contribution < -0.4 is 0 Å². The molecule has 1 aromatic heterocycles. The van der Waals surface area contributed by atoms with Gasteiger partial charge in [0.25, 0.3) is 5.91 Å². The summed E-state index contributed by atoms with van der Waals surface area (Å²) in [6.07, 6.45) is 1.79. The minimum atomic E-state index is -0.305. The number of hydrogen-bond acceptors (Lipinski definition) is 3. The van der Waals surface area contributed by atoms with Crippen molar-refractivity contribution in [2.24, 2.45) is 0 Å². The highest BCUT2D eigenvalue weighted by Gasteiger charge is 2.25. The number of halogens is 1. The van der Waals surface area contributed by atoms with Crippen LogP contribution in [-0.4, -0.2) is 47.8 Å². The molecule has 2 aromatic rings. The third-order valence-electron chi connectivity index (χ3n) is 4.26. The average molecular weight is 358 g/mol. The molecule has 25 heavy (non-hydrogen) atoms. The van der Waals surface area contributed by atoms with E-state index in [1.165, 1.54) is 23.5 Å². The van der Waals surface area contributed by atoms with E-state index in [9.17, 15) is 14.0 Å². The Labute approximate surface area is 150 Å². The van der Waals surface area contributed by atoms with Gasteiger partial charge in [0, 0.05) is 38.7 Å². The van der Waals surface area contributed by atoms with Crippen LogP contribution in [0.1, 0.15) is 18.1 Å². The second kappa shape index (κ2) is 7.61. The van der Waals surface area contributed by atoms with Crippen molar-refractivity contribution in [3.05, 3.63) is 58.0 Å². The Morgan fingerprint density at radius 3 is 2.24 bits per heavy atom. The third kappa shape index (κ3) is 4.14. The van der Waals surface area contributed by atoms with Crippen molar-refractivity contribution in [3.8, 4) is 0 Å². The fraction of sp³-hybridized carbons (Fsp3) is 0.263. The number of amides is 2. The highest BCUT2D eigenvalue weighted by atomic mass is 32.1. The Kier molecular flexibility index (Phi) is 5.28. The van der Waals surface area contributed by atoms with Gasteiger partial charge in [-0.05, 0) is 46.2 Å². The van der Waals surface area contributed by atoms with Crippen molar-refractivity contribution in [2.75, 3.05) is 26.2 Å². The van der Waals surface area contributed by atoms with Gasteiger partial charge in [-0.2, -0.15) is 11.3 Å². The topological polar surface area (TPSA) is 40.6 Å². The predicted molar refractivity (Wildman–Crippen MR) is 97.4 cm³/mol. The number of benzene rings is 1. The lowest BCUT2D eigenvalue weighted by Crippen LogP contribution is -2.50. The number of nitrogens with zero attached hydrogens (tertiary/aromatic N) is 2. The Morgan fingerprint density at radius 2 is 1.68 bits per heavy atom. The summed E-state index contributed by atoms with van der Waals surface area (Å²) in [5.74, 6) is -0.334. The number of carbonyl (C=O) groups excluding carboxylic acids is 2. The largest absolute Gasteiger partial charge is 0.339 e. The lowest BCUT2D eigenvalue weighted by Gasteiger charge is -2.34. The molecule has 4 nitrogen and oxygen atoms in total. The summed E-state index contributed by atoms with van der Waals surface area (Å²) in [7, 11) is 0. The van der Waals surface area contributed by atoms with Crippen molar-refractivity contribution in [3.63, 3.8) is 0 Å². The zero-order valence-corrected chi connectivity index (χ0v) is 14.8. The molecule has 0 spiro atoms. The second-order valence-corrected chi connectivity index (χ2v) is 6.70. The fourth-order valence-electron chi connectivity index (χ4n) is 2.81. The van der Waals surface area contributed by atoms with Gasteiger partial charge in [-0.25, -0.2) is 4.39 Å². The van der Waals surface area contributed by atoms with Gasteiger partial charge >= 0.3 is 0 Å². The van der Waals surface area contributed by atoms with Crippen LogP contribution >= 0.6 is 11.3 Å². The molecule has 0 radical (unpaired) electrons. The Hall–Kier alpha value is -2.47. The molecule has 0 aliphatic carbocycles. The van der Waals surface area contributed by atoms with Crippen LogP contribution in [0.4, 0.5) is 4.39 Å². The van der Waals surface area contributed by atoms with E-state index >= 15 is 0 Å². The first-order chi connectivity index (χ1) is 12.0. The smallest absolute Gasteiger partial charge is 0.254 e. The molecule has 1 aliphatic heterocycles. The summed E-state index contributed by atoms with van der Waals surface area (Å²) in [6.45, 7) is 3.68. The summed E-state index contributed by atoms with van der Waals surface area (Å²) in [4.78, 5) is 28.0. The van der Waals surface area contributed by atoms with Crippen molar-refractivity contribution < 1.29 is 14.0 Å². The molecular weight excluding hydrogens is 339 g/mol. The Bertz CT molecular complexity index is 776. The lowest BCUT2D eigenvalue weighted by molar-refractivity contribution is -0.135. The number of hydrogen-bond donors (Lipinski definition) is 0. The van der Waals surface area contributed by atoms with E-state index in [-0.39, 0.29) is 17.6 Å². The number of thiophene rings is 1. The van der Waals surface area contributed by atoms with Gasteiger partial charge in [0.15, 0.2) is 0 Å². The van der Waals surface area contributed by atoms with E-state index in [1.54, 1.807) is 34.9 Å². The molecule has 0 unspecified atom stereocenters. The molecular formula is C19H19FN2O2S. The van der Waals surface area contributed by atoms with Gasteiger partial charge in [0.05, 0.1) is 0 Å². The molecule has 3 rings (SSSR count). The molecule has 0 atom stereocenters. The number of rotatable bonds is 3. The minimum absolute atomic E-state index is 0.0343. The van der Waals surface area contributed by atoms with Crippen molar-refractivity contribution in [1.82, 2.24) is 9.80 Å². The third-order valence-corrected chi connectivity index (χ3v) is 4.94. The average Bonchev–Trinajstić information content (AvgIpc) is 3.15. The highest BCUT2D eigenvalue weighted by molar-refractivity contribution is 7.08. The maximum atomic E-state index is 13.1. The highest BCUT2D eigenvalue weighted by Crippen LogP contribution is 2.24. The predicted octanol–water partition coefficient (Wildman–Crippen LogP) is 3.12. The van der Waals surface area contributed by atoms with Crippen molar-refractivity contribution >= 4 is 34.8 Å². The first-order valence-corrected chi connectivity index (χ1v) is 9.03. The number of piperazine rings is 1. The summed E-state index contributed by atoms with van der Waals surface area (Å²) in [5.41, 5.74) is 2.22. The van der Waals surface area contributed by atoms with Crippen molar-refractivity contribution in [1.29, 1.82) is 0 Å². The van der Waals surface area contributed by atoms with E-state index in [0.717, 1.165) is 11.1 Å². The quantitative estimate of drug-likeness (QED) is 0.791. The molecule has 1 aliphatic rings. The van der Waals surface area contributed by atoms with Crippen LogP contribution in [0, 0.1) is 5.82 Å². The Morgan fingerprint density at radius 1 is 1.04 bits per heavy atom. The molecule has 130 valence electrons. The normalized spacial score (nSPS) is 15.4. The fourth-order valence-corrected chi connectivity index (χ4v) is 3.46. The van der Waals surface area contributed by atoms with E-state index in [0.29, 0.717) is 31.8 Å². The Balaban J connectivity index is 1.84. The molecule has 2 heterocycles. The molecule has 1 fully saturated rings. The van der Waals surface area contributed by atoms with E-state index < -0.39 is 0 Å². The first kappa shape index (κ1) is 17.4. The van der Waals surface area contributed by atoms with Gasteiger partial charge < -0.3 is 9.80 Å². The molecule has 0 saturated carbocycles. The summed E-state index contributed by atoms with van der Waals surface area (Å²) < 4.78 is 13.1. The van der Waals surface area contributed by atoms with Gasteiger partial charge in [-0.3, -0.25) is 9.59 Å². The van der Waals surface area contributed by atoms with Gasteiger partial charge in [0.2, 0.25) is 5.91 Å². The molecule has 6 heteroatoms. The van der Waals surface area contributed by atoms with Gasteiger partial charge in [-0.1, -0.05) is 12.1 Å². The van der Waals surface area contributed by atoms with Crippen LogP contribution in [0.25, 0.3) is 11.6 Å². The summed E-state index contributed by atoms with van der Waals surface area (Å²) >= 11 is 1.52. The number of carbonyl (C=O) groups is 2. The van der Waals surface area contributed by atoms with E-state index in [2.05, 4.69) is 0 Å². The monoisotopic (exact) mass is 358 g/mol. The zero-order chi connectivity index (χ0) is 17.8. The molecule has 0 bridgehead atoms. The molecule has 1 saturated heterocycles. The van der Waals surface area contributed by atoms with Gasteiger partial charge in [0.1, 0.15) is 5.82 Å². The lowest BCUT2D eigenvalue weighted by atomic mass is 10.0. The maximum Gasteiger partial charge on any atom is 0.254 e. The van der Waals surface area contributed by atoms with Crippen LogP contribution in [0.5, 0.6) is 0 Å². The van der Waals surface area contributed by atoms with Crippen LogP contribution in [-0.2, 0) is 9.59 Å². The van der Waals surface area contributed by atoms with Gasteiger partial charge in [-0.15, -0.1) is 0 Å². The maximum absolute atomic E-state index is 13.1. The van der Waals surface area contributed by atoms with Crippen LogP contribution in [0.2, 0.25) is 0 Å². The standard InChI is InChI=1S/C19H19FN2O2S/c1-14(23)21-7-9-22(10-8-21)19(24)18(16-6-11-25-13-16)12-15-2-4-17(20)5-3-15/h2-6,11-13H,7-10H2,1H3. The summed E-state index contributed by atoms with van der Waals surface area (Å²) in [5, 5.41) is 3.86.